The van der Waals surface area contributed by atoms with Crippen LogP contribution < -0.4 is 17.0 Å². The first-order valence-corrected chi connectivity index (χ1v) is 6.37. The van der Waals surface area contributed by atoms with Crippen molar-refractivity contribution in [3.63, 3.8) is 0 Å². The zero-order valence-corrected chi connectivity index (χ0v) is 12.1. The molecule has 9 heteroatoms. The minimum Gasteiger partial charge on any atom is -0.397 e. The largest absolute Gasteiger partial charge is 0.432 e. The summed E-state index contributed by atoms with van der Waals surface area (Å²) in [5.74, 6) is 5.46. The van der Waals surface area contributed by atoms with Crippen molar-refractivity contribution in [3.05, 3.63) is 47.9 Å². The zero-order chi connectivity index (χ0) is 16.5. The van der Waals surface area contributed by atoms with Gasteiger partial charge in [-0.25, -0.2) is 10.5 Å². The van der Waals surface area contributed by atoms with Crippen molar-refractivity contribution >= 4 is 19.0 Å². The van der Waals surface area contributed by atoms with Crippen LogP contribution in [0, 0.1) is 0 Å². The van der Waals surface area contributed by atoms with Crippen LogP contribution in [0.15, 0.2) is 36.7 Å². The fraction of sp³-hybridized carbons (Fsp3) is 0.154. The predicted octanol–water partition coefficient (Wildman–Crippen LogP) is 0.212. The molecule has 0 bridgehead atoms. The summed E-state index contributed by atoms with van der Waals surface area (Å²) in [6.45, 7) is 0. The summed E-state index contributed by atoms with van der Waals surface area (Å²) < 4.78 is 40.1. The van der Waals surface area contributed by atoms with E-state index < -0.39 is 11.9 Å². The van der Waals surface area contributed by atoms with E-state index in [-0.39, 0.29) is 5.46 Å². The standard InChI is InChI=1S/C13H15BF3N5/c1-21(19)7-11(18)8-2-4-9(5-3-8)22-12(13(15,16)17)10(14)6-20-22/h2-7H,14,18-19H2,1H3/b11-7-. The summed E-state index contributed by atoms with van der Waals surface area (Å²) in [6, 6.07) is 6.27. The maximum Gasteiger partial charge on any atom is 0.432 e. The molecule has 4 N–H and O–H groups in total. The lowest BCUT2D eigenvalue weighted by Gasteiger charge is -2.13. The summed E-state index contributed by atoms with van der Waals surface area (Å²) in [4.78, 5) is 0. The molecule has 5 nitrogen and oxygen atoms in total. The van der Waals surface area contributed by atoms with E-state index >= 15 is 0 Å². The Labute approximate surface area is 126 Å². The number of nitrogens with zero attached hydrogens (tertiary/aromatic N) is 3. The molecule has 2 rings (SSSR count). The number of hydrazine groups is 1. The Morgan fingerprint density at radius 3 is 2.41 bits per heavy atom. The van der Waals surface area contributed by atoms with Gasteiger partial charge in [-0.15, -0.1) is 0 Å². The summed E-state index contributed by atoms with van der Waals surface area (Å²) in [5, 5.41) is 5.09. The number of alkyl halides is 3. The molecule has 1 aromatic heterocycles. The van der Waals surface area contributed by atoms with Crippen LogP contribution in [0.25, 0.3) is 11.4 Å². The van der Waals surface area contributed by atoms with Gasteiger partial charge in [0.15, 0.2) is 0 Å². The Morgan fingerprint density at radius 2 is 1.91 bits per heavy atom. The predicted molar refractivity (Wildman–Crippen MR) is 80.9 cm³/mol. The van der Waals surface area contributed by atoms with Crippen molar-refractivity contribution < 1.29 is 13.2 Å². The third-order valence-corrected chi connectivity index (χ3v) is 3.01. The van der Waals surface area contributed by atoms with E-state index in [2.05, 4.69) is 5.10 Å². The molecule has 0 aliphatic carbocycles. The van der Waals surface area contributed by atoms with Gasteiger partial charge in [0.05, 0.1) is 11.4 Å². The number of hydrogen-bond acceptors (Lipinski definition) is 4. The molecule has 0 aliphatic heterocycles. The van der Waals surface area contributed by atoms with Crippen molar-refractivity contribution in [2.45, 2.75) is 6.18 Å². The fourth-order valence-corrected chi connectivity index (χ4v) is 2.06. The van der Waals surface area contributed by atoms with Gasteiger partial charge >= 0.3 is 6.18 Å². The SMILES string of the molecule is Bc1cnn(-c2ccc(/C(N)=C/N(C)N)cc2)c1C(F)(F)F. The maximum absolute atomic E-state index is 13.1. The van der Waals surface area contributed by atoms with Crippen LogP contribution in [0.2, 0.25) is 0 Å². The Hall–Kier alpha value is -2.42. The second kappa shape index (κ2) is 5.76. The van der Waals surface area contributed by atoms with Crippen LogP contribution in [0.5, 0.6) is 0 Å². The molecule has 2 aromatic rings. The molecule has 0 atom stereocenters. The third kappa shape index (κ3) is 3.25. The highest BCUT2D eigenvalue weighted by atomic mass is 19.4. The lowest BCUT2D eigenvalue weighted by atomic mass is 9.96. The molecule has 0 radical (unpaired) electrons. The molecule has 0 fully saturated rings. The number of hydrogen-bond donors (Lipinski definition) is 2. The first kappa shape index (κ1) is 16.0. The average Bonchev–Trinajstić information content (AvgIpc) is 2.80. The molecule has 0 saturated carbocycles. The summed E-state index contributed by atoms with van der Waals surface area (Å²) in [7, 11) is 2.99. The van der Waals surface area contributed by atoms with Crippen molar-refractivity contribution in [1.82, 2.24) is 14.8 Å². The zero-order valence-electron chi connectivity index (χ0n) is 12.1. The number of halogens is 3. The molecule has 0 unspecified atom stereocenters. The lowest BCUT2D eigenvalue weighted by molar-refractivity contribution is -0.141. The van der Waals surface area contributed by atoms with Crippen LogP contribution in [0.1, 0.15) is 11.3 Å². The van der Waals surface area contributed by atoms with E-state index in [9.17, 15) is 13.2 Å². The molecule has 0 aliphatic rings. The van der Waals surface area contributed by atoms with Gasteiger partial charge in [-0.3, -0.25) is 0 Å². The highest BCUT2D eigenvalue weighted by molar-refractivity contribution is 6.33. The van der Waals surface area contributed by atoms with E-state index in [1.54, 1.807) is 19.2 Å². The molecule has 116 valence electrons. The molecule has 1 heterocycles. The summed E-state index contributed by atoms with van der Waals surface area (Å²) in [6.07, 6.45) is -1.77. The first-order chi connectivity index (χ1) is 10.2. The Kier molecular flexibility index (Phi) is 4.18. The molecule has 0 spiro atoms. The highest BCUT2D eigenvalue weighted by Gasteiger charge is 2.37. The van der Waals surface area contributed by atoms with Crippen LogP contribution in [0.3, 0.4) is 0 Å². The average molecular weight is 309 g/mol. The third-order valence-electron chi connectivity index (χ3n) is 3.01. The fourth-order valence-electron chi connectivity index (χ4n) is 2.06. The van der Waals surface area contributed by atoms with Crippen LogP contribution in [-0.4, -0.2) is 29.7 Å². The van der Waals surface area contributed by atoms with Gasteiger partial charge in [0, 0.05) is 19.4 Å². The summed E-state index contributed by atoms with van der Waals surface area (Å²) >= 11 is 0. The number of aromatic nitrogens is 2. The number of benzene rings is 1. The van der Waals surface area contributed by atoms with Crippen molar-refractivity contribution in [1.29, 1.82) is 0 Å². The van der Waals surface area contributed by atoms with Crippen LogP contribution in [0.4, 0.5) is 13.2 Å². The summed E-state index contributed by atoms with van der Waals surface area (Å²) in [5.41, 5.74) is 6.47. The Balaban J connectivity index is 2.41. The molecular weight excluding hydrogens is 294 g/mol. The highest BCUT2D eigenvalue weighted by Crippen LogP contribution is 2.29. The quantitative estimate of drug-likeness (QED) is 0.483. The molecule has 22 heavy (non-hydrogen) atoms. The van der Waals surface area contributed by atoms with E-state index in [0.717, 1.165) is 4.68 Å². The van der Waals surface area contributed by atoms with Gasteiger partial charge in [0.1, 0.15) is 13.5 Å². The topological polar surface area (TPSA) is 73.1 Å². The number of nitrogens with two attached hydrogens (primary N) is 2. The Morgan fingerprint density at radius 1 is 1.32 bits per heavy atom. The first-order valence-electron chi connectivity index (χ1n) is 6.37. The van der Waals surface area contributed by atoms with E-state index in [1.165, 1.54) is 37.4 Å². The monoisotopic (exact) mass is 309 g/mol. The van der Waals surface area contributed by atoms with Gasteiger partial charge in [0.25, 0.3) is 0 Å². The molecular formula is C13H15BF3N5. The second-order valence-corrected chi connectivity index (χ2v) is 4.88. The molecule has 0 saturated heterocycles. The van der Waals surface area contributed by atoms with Gasteiger partial charge in [0.2, 0.25) is 0 Å². The van der Waals surface area contributed by atoms with E-state index in [4.69, 9.17) is 11.6 Å². The van der Waals surface area contributed by atoms with Gasteiger partial charge < -0.3 is 10.7 Å². The molecule has 1 aromatic carbocycles. The van der Waals surface area contributed by atoms with Gasteiger partial charge in [-0.1, -0.05) is 12.1 Å². The Bertz CT molecular complexity index is 689. The van der Waals surface area contributed by atoms with Crippen molar-refractivity contribution in [2.24, 2.45) is 11.6 Å². The second-order valence-electron chi connectivity index (χ2n) is 4.88. The number of rotatable bonds is 3. The normalized spacial score (nSPS) is 12.5. The smallest absolute Gasteiger partial charge is 0.397 e. The minimum atomic E-state index is -4.47. The minimum absolute atomic E-state index is 0.0701. The van der Waals surface area contributed by atoms with Crippen molar-refractivity contribution in [2.75, 3.05) is 7.05 Å². The maximum atomic E-state index is 13.1. The van der Waals surface area contributed by atoms with Crippen LogP contribution >= 0.6 is 0 Å². The van der Waals surface area contributed by atoms with E-state index in [1.807, 2.05) is 0 Å². The van der Waals surface area contributed by atoms with E-state index in [0.29, 0.717) is 16.9 Å². The lowest BCUT2D eigenvalue weighted by Crippen LogP contribution is -2.22. The van der Waals surface area contributed by atoms with Crippen LogP contribution in [-0.2, 0) is 6.18 Å². The van der Waals surface area contributed by atoms with Gasteiger partial charge in [-0.05, 0) is 23.2 Å². The van der Waals surface area contributed by atoms with Gasteiger partial charge in [-0.2, -0.15) is 18.3 Å². The van der Waals surface area contributed by atoms with Crippen molar-refractivity contribution in [3.8, 4) is 5.69 Å². The molecule has 0 amide bonds.